The fourth-order valence-electron chi connectivity index (χ4n) is 10.9. The number of fused-ring (bicyclic) bond motifs is 6. The second-order valence-corrected chi connectivity index (χ2v) is 28.0. The first kappa shape index (κ1) is 43.3. The normalized spacial score (nSPS) is 16.9. The van der Waals surface area contributed by atoms with Crippen molar-refractivity contribution < 1.29 is 9.15 Å². The number of allylic oxidation sites excluding steroid dienone is 1. The molecule has 5 heterocycles. The molecule has 0 fully saturated rings. The molecule has 340 valence electrons. The van der Waals surface area contributed by atoms with Crippen molar-refractivity contribution in [3.63, 3.8) is 0 Å². The van der Waals surface area contributed by atoms with E-state index in [2.05, 4.69) is 223 Å². The fourth-order valence-corrected chi connectivity index (χ4v) is 14.1. The minimum Gasteiger partial charge on any atom is -0.456 e. The van der Waals surface area contributed by atoms with Gasteiger partial charge in [-0.05, 0) is 115 Å². The van der Waals surface area contributed by atoms with Crippen LogP contribution < -0.4 is 15.0 Å². The Morgan fingerprint density at radius 1 is 0.515 bits per heavy atom. The summed E-state index contributed by atoms with van der Waals surface area (Å²) in [5.41, 5.74) is 17.3. The van der Waals surface area contributed by atoms with E-state index >= 15 is 0 Å². The number of ether oxygens (including phenoxy) is 1. The van der Waals surface area contributed by atoms with Crippen LogP contribution in [0.1, 0.15) is 164 Å². The van der Waals surface area contributed by atoms with Crippen molar-refractivity contribution in [2.75, 3.05) is 4.90 Å². The third kappa shape index (κ3) is 6.13. The third-order valence-corrected chi connectivity index (χ3v) is 17.6. The Hall–Kier alpha value is -5.25. The van der Waals surface area contributed by atoms with Crippen LogP contribution in [-0.2, 0) is 27.1 Å². The van der Waals surface area contributed by atoms with Crippen LogP contribution in [0.4, 0.5) is 11.4 Å². The molecule has 5 aromatic carbocycles. The average Bonchev–Trinajstić information content (AvgIpc) is 3.20. The van der Waals surface area contributed by atoms with E-state index < -0.39 is 7.34 Å². The summed E-state index contributed by atoms with van der Waals surface area (Å²) < 4.78 is 20.2. The van der Waals surface area contributed by atoms with Gasteiger partial charge in [0.05, 0.1) is 33.3 Å². The summed E-state index contributed by atoms with van der Waals surface area (Å²) in [6, 6.07) is 30.9. The summed E-state index contributed by atoms with van der Waals surface area (Å²) in [7, 11) is -1.10. The van der Waals surface area contributed by atoms with Crippen LogP contribution in [0.3, 0.4) is 0 Å². The molecule has 0 radical (unpaired) electrons. The lowest BCUT2D eigenvalue weighted by molar-refractivity contribution is 0.340. The van der Waals surface area contributed by atoms with Crippen molar-refractivity contribution in [3.8, 4) is 11.4 Å². The van der Waals surface area contributed by atoms with Crippen LogP contribution >= 0.6 is 7.34 Å². The largest absolute Gasteiger partial charge is 0.456 e. The van der Waals surface area contributed by atoms with Crippen LogP contribution in [-0.4, -0.2) is 8.97 Å². The molecule has 2 unspecified atom stereocenters. The molecule has 5 nitrogen and oxygen atoms in total. The molecule has 66 heavy (non-hydrogen) atoms. The monoisotopic (exact) mass is 895 g/mol. The van der Waals surface area contributed by atoms with Crippen LogP contribution in [0.2, 0.25) is 0 Å². The Morgan fingerprint density at radius 3 is 1.73 bits per heavy atom. The van der Waals surface area contributed by atoms with Crippen LogP contribution in [0.5, 0.6) is 5.75 Å². The van der Waals surface area contributed by atoms with E-state index in [0.717, 1.165) is 33.9 Å². The van der Waals surface area contributed by atoms with Crippen molar-refractivity contribution >= 4 is 68.3 Å². The first-order valence-corrected chi connectivity index (χ1v) is 25.6. The van der Waals surface area contributed by atoms with Gasteiger partial charge in [0.2, 0.25) is 10.2 Å². The summed E-state index contributed by atoms with van der Waals surface area (Å²) in [5.74, 6) is 1.99. The number of rotatable bonds is 1. The molecule has 0 bridgehead atoms. The molecule has 1 aliphatic carbocycles. The molecule has 2 aliphatic heterocycles. The molecule has 8 aromatic rings. The first-order valence-electron chi connectivity index (χ1n) is 24.2. The lowest BCUT2D eigenvalue weighted by atomic mass is 9.80. The van der Waals surface area contributed by atoms with Crippen molar-refractivity contribution in [2.45, 2.75) is 158 Å². The van der Waals surface area contributed by atoms with E-state index in [1.165, 1.54) is 82.2 Å². The van der Waals surface area contributed by atoms with Crippen molar-refractivity contribution in [3.05, 3.63) is 129 Å². The molecule has 6 heteroatoms. The van der Waals surface area contributed by atoms with Crippen molar-refractivity contribution in [1.82, 2.24) is 8.97 Å². The molecular weight excluding hydrogens is 826 g/mol. The number of nitrogens with zero attached hydrogens (tertiary/aromatic N) is 3. The predicted molar refractivity (Wildman–Crippen MR) is 282 cm³/mol. The van der Waals surface area contributed by atoms with E-state index in [9.17, 15) is 0 Å². The molecule has 11 rings (SSSR count). The SMILES string of the molecule is CC(C)(C)C1=C2Oc3cc(C(C)(C)C)ccc3N3c4cc(C(C)(C)C)cc5c4[p+]4c(c(n(-c6ccc(C(C)(C)C)cc6)c6cc(C(C)(C)C)c7oc8cc(C(C)(C)C)ccc8n5c7c64)=C1)C23. The smallest absolute Gasteiger partial charge is 0.206 e. The van der Waals surface area contributed by atoms with Gasteiger partial charge >= 0.3 is 0 Å². The zero-order chi connectivity index (χ0) is 47.3. The van der Waals surface area contributed by atoms with E-state index in [1.54, 1.807) is 0 Å². The molecule has 3 aliphatic rings. The van der Waals surface area contributed by atoms with E-state index in [-0.39, 0.29) is 38.5 Å². The maximum atomic E-state index is 7.51. The summed E-state index contributed by atoms with van der Waals surface area (Å²) in [6.45, 7) is 41.9. The molecule has 0 N–H and O–H groups in total. The van der Waals surface area contributed by atoms with Gasteiger partial charge in [0.1, 0.15) is 11.3 Å². The molecule has 0 spiro atoms. The quantitative estimate of drug-likeness (QED) is 0.122. The highest BCUT2D eigenvalue weighted by Gasteiger charge is 2.52. The highest BCUT2D eigenvalue weighted by molar-refractivity contribution is 7.59. The predicted octanol–water partition coefficient (Wildman–Crippen LogP) is 16.9. The van der Waals surface area contributed by atoms with Gasteiger partial charge < -0.3 is 18.6 Å². The Balaban J connectivity index is 1.47. The summed E-state index contributed by atoms with van der Waals surface area (Å²) in [6.07, 6.45) is 2.53. The molecule has 2 atom stereocenters. The van der Waals surface area contributed by atoms with Gasteiger partial charge in [-0.2, -0.15) is 0 Å². The number of aromatic nitrogens is 2. The number of hydrogen-bond acceptors (Lipinski definition) is 3. The van der Waals surface area contributed by atoms with Crippen LogP contribution in [0.15, 0.2) is 94.6 Å². The topological polar surface area (TPSA) is 35.0 Å². The molecule has 0 amide bonds. The van der Waals surface area contributed by atoms with E-state index in [4.69, 9.17) is 9.15 Å². The first-order chi connectivity index (χ1) is 30.5. The Bertz CT molecular complexity index is 3550. The minimum absolute atomic E-state index is 0.0233. The maximum Gasteiger partial charge on any atom is 0.206 e. The molecular formula is C60H69N3O2P+. The van der Waals surface area contributed by atoms with Gasteiger partial charge in [-0.15, -0.1) is 0 Å². The number of hydrogen-bond donors (Lipinski definition) is 0. The van der Waals surface area contributed by atoms with Gasteiger partial charge in [-0.25, -0.2) is 0 Å². The second kappa shape index (κ2) is 13.3. The van der Waals surface area contributed by atoms with E-state index in [1.807, 2.05) is 0 Å². The standard InChI is InChI=1S/C60H69N3O2P/c1-55(2,3)33-19-23-37(24-20-33)61-44-31-38(59(13,14)15)50-48-53(44)66-52-42(62(48)40-25-21-34(56(4,5)6)29-46(40)64-50)27-36(58(10,11)12)28-43(52)63-41-26-22-35(57(7,8)9)30-47(41)65-51-39(60(16,17)18)32-45(61)54(66)49(51)63/h19-32,48H,1-18H3/q+1. The minimum atomic E-state index is -1.10. The molecule has 3 aromatic heterocycles. The number of anilines is 2. The van der Waals surface area contributed by atoms with Gasteiger partial charge in [-0.1, -0.05) is 149 Å². The van der Waals surface area contributed by atoms with E-state index in [0.29, 0.717) is 0 Å². The number of benzene rings is 5. The van der Waals surface area contributed by atoms with Crippen molar-refractivity contribution in [1.29, 1.82) is 0 Å². The van der Waals surface area contributed by atoms with Crippen LogP contribution in [0.25, 0.3) is 55.2 Å². The highest BCUT2D eigenvalue weighted by Crippen LogP contribution is 2.65. The maximum absolute atomic E-state index is 7.51. The lowest BCUT2D eigenvalue weighted by Crippen LogP contribution is -2.42. The average molecular weight is 895 g/mol. The fraction of sp³-hybridized carbons (Fsp3) is 0.417. The third-order valence-electron chi connectivity index (χ3n) is 14.8. The molecule has 0 saturated heterocycles. The second-order valence-electron chi connectivity index (χ2n) is 25.9. The zero-order valence-corrected chi connectivity index (χ0v) is 43.7. The van der Waals surface area contributed by atoms with Crippen LogP contribution in [0, 0.1) is 5.41 Å². The van der Waals surface area contributed by atoms with Gasteiger partial charge in [0, 0.05) is 16.8 Å². The van der Waals surface area contributed by atoms with Gasteiger partial charge in [0.25, 0.3) is 0 Å². The Morgan fingerprint density at radius 2 is 1.12 bits per heavy atom. The Kier molecular flexibility index (Phi) is 8.70. The summed E-state index contributed by atoms with van der Waals surface area (Å²) >= 11 is 0. The lowest BCUT2D eigenvalue weighted by Gasteiger charge is -2.44. The van der Waals surface area contributed by atoms with Crippen molar-refractivity contribution in [2.24, 2.45) is 5.41 Å². The van der Waals surface area contributed by atoms with Gasteiger partial charge in [-0.3, -0.25) is 4.40 Å². The summed E-state index contributed by atoms with van der Waals surface area (Å²) in [4.78, 5) is 2.70. The highest BCUT2D eigenvalue weighted by atomic mass is 31.1. The zero-order valence-electron chi connectivity index (χ0n) is 42.8. The van der Waals surface area contributed by atoms with Gasteiger partial charge in [0.15, 0.2) is 35.6 Å². The molecule has 0 saturated carbocycles. The Labute approximate surface area is 392 Å². The summed E-state index contributed by atoms with van der Waals surface area (Å²) in [5, 5.41) is 5.49.